The van der Waals surface area contributed by atoms with Gasteiger partial charge in [0, 0.05) is 43.1 Å². The van der Waals surface area contributed by atoms with Crippen molar-refractivity contribution in [3.8, 4) is 11.3 Å². The number of anilines is 2. The number of nitrogens with zero attached hydrogens (tertiary/aromatic N) is 6. The molecule has 3 aromatic rings. The second-order valence-electron chi connectivity index (χ2n) is 8.03. The van der Waals surface area contributed by atoms with Crippen LogP contribution in [-0.2, 0) is 17.8 Å². The molecule has 1 fully saturated rings. The van der Waals surface area contributed by atoms with Gasteiger partial charge in [-0.05, 0) is 49.1 Å². The molecule has 0 bridgehead atoms. The number of hydrogen-bond donors (Lipinski definition) is 1. The molecule has 5 rings (SSSR count). The van der Waals surface area contributed by atoms with Gasteiger partial charge in [-0.1, -0.05) is 6.07 Å². The Hall–Kier alpha value is -3.49. The maximum Gasteiger partial charge on any atom is 0.325 e. The number of aliphatic carboxylic acids is 1. The Labute approximate surface area is 178 Å². The summed E-state index contributed by atoms with van der Waals surface area (Å²) in [6.07, 6.45) is 6.20. The van der Waals surface area contributed by atoms with Crippen molar-refractivity contribution in [3.63, 3.8) is 0 Å². The Balaban J connectivity index is 1.22. The summed E-state index contributed by atoms with van der Waals surface area (Å²) in [7, 11) is 0. The zero-order valence-corrected chi connectivity index (χ0v) is 17.0. The SMILES string of the molecule is O=C(O)Cn1cc(-c2ccc(N3CCC(N4CCc5ccc(F)cc54)CC3)nn2)cn1. The largest absolute Gasteiger partial charge is 0.480 e. The van der Waals surface area contributed by atoms with Gasteiger partial charge in [0.15, 0.2) is 5.82 Å². The van der Waals surface area contributed by atoms with Crippen LogP contribution in [0.2, 0.25) is 0 Å². The van der Waals surface area contributed by atoms with Crippen LogP contribution in [0.4, 0.5) is 15.9 Å². The molecule has 0 unspecified atom stereocenters. The van der Waals surface area contributed by atoms with Crippen LogP contribution in [0.1, 0.15) is 18.4 Å². The molecule has 0 spiro atoms. The van der Waals surface area contributed by atoms with Crippen LogP contribution in [0.15, 0.2) is 42.7 Å². The minimum Gasteiger partial charge on any atom is -0.480 e. The van der Waals surface area contributed by atoms with Crippen LogP contribution in [0.3, 0.4) is 0 Å². The van der Waals surface area contributed by atoms with Crippen LogP contribution < -0.4 is 9.80 Å². The van der Waals surface area contributed by atoms with Gasteiger partial charge in [-0.3, -0.25) is 9.48 Å². The summed E-state index contributed by atoms with van der Waals surface area (Å²) in [4.78, 5) is 15.4. The lowest BCUT2D eigenvalue weighted by Gasteiger charge is -2.38. The highest BCUT2D eigenvalue weighted by Gasteiger charge is 2.30. The van der Waals surface area contributed by atoms with Gasteiger partial charge in [0.25, 0.3) is 0 Å². The van der Waals surface area contributed by atoms with Crippen molar-refractivity contribution in [2.24, 2.45) is 0 Å². The van der Waals surface area contributed by atoms with Gasteiger partial charge in [-0.25, -0.2) is 4.39 Å². The summed E-state index contributed by atoms with van der Waals surface area (Å²) in [5.74, 6) is -0.290. The van der Waals surface area contributed by atoms with Gasteiger partial charge in [0.1, 0.15) is 12.4 Å². The quantitative estimate of drug-likeness (QED) is 0.676. The van der Waals surface area contributed by atoms with E-state index in [-0.39, 0.29) is 12.4 Å². The molecule has 0 radical (unpaired) electrons. The third-order valence-electron chi connectivity index (χ3n) is 6.08. The zero-order valence-electron chi connectivity index (χ0n) is 17.0. The van der Waals surface area contributed by atoms with E-state index in [1.165, 1.54) is 10.2 Å². The lowest BCUT2D eigenvalue weighted by molar-refractivity contribution is -0.137. The van der Waals surface area contributed by atoms with Gasteiger partial charge in [0.05, 0.1) is 11.9 Å². The lowest BCUT2D eigenvalue weighted by atomic mass is 10.0. The third-order valence-corrected chi connectivity index (χ3v) is 6.08. The smallest absolute Gasteiger partial charge is 0.325 e. The van der Waals surface area contributed by atoms with Gasteiger partial charge in [-0.15, -0.1) is 10.2 Å². The number of carboxylic acids is 1. The number of rotatable bonds is 5. The number of hydrogen-bond acceptors (Lipinski definition) is 6. The highest BCUT2D eigenvalue weighted by atomic mass is 19.1. The van der Waals surface area contributed by atoms with Crippen molar-refractivity contribution in [2.75, 3.05) is 29.4 Å². The Kier molecular flexibility index (Phi) is 5.01. The summed E-state index contributed by atoms with van der Waals surface area (Å²) in [5.41, 5.74) is 3.67. The van der Waals surface area contributed by atoms with Crippen molar-refractivity contribution in [3.05, 3.63) is 54.1 Å². The van der Waals surface area contributed by atoms with Gasteiger partial charge >= 0.3 is 5.97 Å². The molecular weight excluding hydrogens is 399 g/mol. The minimum atomic E-state index is -0.943. The summed E-state index contributed by atoms with van der Waals surface area (Å²) in [6.45, 7) is 2.51. The van der Waals surface area contributed by atoms with Crippen molar-refractivity contribution in [2.45, 2.75) is 31.8 Å². The topological polar surface area (TPSA) is 87.4 Å². The average molecular weight is 422 g/mol. The second kappa shape index (κ2) is 7.98. The first-order valence-electron chi connectivity index (χ1n) is 10.5. The fourth-order valence-electron chi connectivity index (χ4n) is 4.53. The summed E-state index contributed by atoms with van der Waals surface area (Å²) in [6, 6.07) is 9.35. The molecule has 0 atom stereocenters. The number of aromatic nitrogens is 4. The lowest BCUT2D eigenvalue weighted by Crippen LogP contribution is -2.44. The van der Waals surface area contributed by atoms with E-state index in [9.17, 15) is 9.18 Å². The van der Waals surface area contributed by atoms with Crippen molar-refractivity contribution in [1.82, 2.24) is 20.0 Å². The predicted molar refractivity (Wildman–Crippen MR) is 114 cm³/mol. The van der Waals surface area contributed by atoms with Gasteiger partial charge in [0.2, 0.25) is 0 Å². The molecule has 9 heteroatoms. The monoisotopic (exact) mass is 422 g/mol. The maximum atomic E-state index is 13.7. The second-order valence-corrected chi connectivity index (χ2v) is 8.03. The number of fused-ring (bicyclic) bond motifs is 1. The number of carboxylic acid groups (broad SMARTS) is 1. The Morgan fingerprint density at radius 1 is 1.13 bits per heavy atom. The Morgan fingerprint density at radius 3 is 2.71 bits per heavy atom. The molecule has 1 saturated heterocycles. The normalized spacial score (nSPS) is 16.5. The van der Waals surface area contributed by atoms with Gasteiger partial charge in [-0.2, -0.15) is 5.10 Å². The molecule has 2 aliphatic rings. The molecule has 0 amide bonds. The first-order valence-corrected chi connectivity index (χ1v) is 10.5. The van der Waals surface area contributed by atoms with Crippen LogP contribution >= 0.6 is 0 Å². The van der Waals surface area contributed by atoms with Crippen LogP contribution in [0.5, 0.6) is 0 Å². The first kappa shape index (κ1) is 19.5. The molecule has 0 aliphatic carbocycles. The summed E-state index contributed by atoms with van der Waals surface area (Å²) >= 11 is 0. The van der Waals surface area contributed by atoms with E-state index in [0.29, 0.717) is 11.7 Å². The molecule has 0 saturated carbocycles. The number of benzene rings is 1. The summed E-state index contributed by atoms with van der Waals surface area (Å²) in [5, 5.41) is 21.6. The molecule has 160 valence electrons. The zero-order chi connectivity index (χ0) is 21.4. The van der Waals surface area contributed by atoms with E-state index < -0.39 is 5.97 Å². The van der Waals surface area contributed by atoms with E-state index in [2.05, 4.69) is 25.1 Å². The van der Waals surface area contributed by atoms with E-state index in [1.54, 1.807) is 24.5 Å². The number of carbonyl (C=O) groups is 1. The molecule has 4 heterocycles. The van der Waals surface area contributed by atoms with Crippen LogP contribution in [0.25, 0.3) is 11.3 Å². The van der Waals surface area contributed by atoms with E-state index in [1.807, 2.05) is 18.2 Å². The standard InChI is InChI=1S/C22H23FN6O2/c23-17-2-1-15-5-10-29(20(15)11-17)18-6-8-27(9-7-18)21-4-3-19(25-26-21)16-12-24-28(13-16)14-22(30)31/h1-4,11-13,18H,5-10,14H2,(H,30,31). The Bertz CT molecular complexity index is 1090. The number of piperidine rings is 1. The molecule has 2 aliphatic heterocycles. The number of halogens is 1. The fraction of sp³-hybridized carbons (Fsp3) is 0.364. The fourth-order valence-corrected chi connectivity index (χ4v) is 4.53. The molecule has 8 nitrogen and oxygen atoms in total. The van der Waals surface area contributed by atoms with E-state index in [4.69, 9.17) is 5.11 Å². The maximum absolute atomic E-state index is 13.7. The van der Waals surface area contributed by atoms with Crippen LogP contribution in [-0.4, -0.2) is 56.7 Å². The Morgan fingerprint density at radius 2 is 1.97 bits per heavy atom. The molecule has 2 aromatic heterocycles. The minimum absolute atomic E-state index is 0.174. The highest BCUT2D eigenvalue weighted by molar-refractivity contribution is 5.67. The van der Waals surface area contributed by atoms with Crippen LogP contribution in [0, 0.1) is 5.82 Å². The predicted octanol–water partition coefficient (Wildman–Crippen LogP) is 2.60. The van der Waals surface area contributed by atoms with Crippen molar-refractivity contribution < 1.29 is 14.3 Å². The van der Waals surface area contributed by atoms with Crippen molar-refractivity contribution in [1.29, 1.82) is 0 Å². The van der Waals surface area contributed by atoms with E-state index >= 15 is 0 Å². The van der Waals surface area contributed by atoms with Crippen molar-refractivity contribution >= 4 is 17.5 Å². The molecule has 31 heavy (non-hydrogen) atoms. The molecule has 1 aromatic carbocycles. The average Bonchev–Trinajstić information content (AvgIpc) is 3.40. The highest BCUT2D eigenvalue weighted by Crippen LogP contribution is 2.33. The first-order chi connectivity index (χ1) is 15.1. The third kappa shape index (κ3) is 3.95. The molecule has 1 N–H and O–H groups in total. The molecular formula is C22H23FN6O2. The summed E-state index contributed by atoms with van der Waals surface area (Å²) < 4.78 is 15.1. The van der Waals surface area contributed by atoms with E-state index in [0.717, 1.165) is 56.0 Å². The van der Waals surface area contributed by atoms with Gasteiger partial charge < -0.3 is 14.9 Å².